The Kier molecular flexibility index (Phi) is 7.56. The minimum Gasteiger partial charge on any atom is -0.381 e. The quantitative estimate of drug-likeness (QED) is 0.383. The molecule has 1 nitrogen and oxygen atoms in total. The van der Waals surface area contributed by atoms with E-state index in [-0.39, 0.29) is 0 Å². The highest BCUT2D eigenvalue weighted by atomic mass is 79.9. The van der Waals surface area contributed by atoms with E-state index in [0.717, 1.165) is 31.4 Å². The maximum absolute atomic E-state index is 5.64. The topological polar surface area (TPSA) is 9.23 Å². The first-order chi connectivity index (χ1) is 6.52. The highest BCUT2D eigenvalue weighted by Gasteiger charge is 2.23. The molecule has 1 unspecified atom stereocenters. The van der Waals surface area contributed by atoms with Crippen molar-refractivity contribution in [1.29, 1.82) is 0 Å². The summed E-state index contributed by atoms with van der Waals surface area (Å²) in [4.78, 5) is 0. The van der Waals surface area contributed by atoms with Gasteiger partial charge in [0.2, 0.25) is 0 Å². The van der Waals surface area contributed by atoms with Gasteiger partial charge in [-0.3, -0.25) is 0 Å². The first kappa shape index (κ1) is 14.2. The lowest BCUT2D eigenvalue weighted by Crippen LogP contribution is -2.26. The van der Waals surface area contributed by atoms with E-state index in [1.54, 1.807) is 0 Å². The molecule has 14 heavy (non-hydrogen) atoms. The van der Waals surface area contributed by atoms with Crippen LogP contribution in [0.2, 0.25) is 0 Å². The molecule has 0 spiro atoms. The van der Waals surface area contributed by atoms with Crippen LogP contribution in [0.5, 0.6) is 0 Å². The van der Waals surface area contributed by atoms with Crippen molar-refractivity contribution in [1.82, 2.24) is 0 Å². The number of hydrogen-bond acceptors (Lipinski definition) is 1. The van der Waals surface area contributed by atoms with Gasteiger partial charge in [0, 0.05) is 11.9 Å². The van der Waals surface area contributed by atoms with Gasteiger partial charge in [0.05, 0.1) is 6.61 Å². The van der Waals surface area contributed by atoms with Crippen molar-refractivity contribution in [3.63, 3.8) is 0 Å². The van der Waals surface area contributed by atoms with E-state index in [4.69, 9.17) is 4.74 Å². The van der Waals surface area contributed by atoms with Gasteiger partial charge >= 0.3 is 0 Å². The molecule has 0 saturated carbocycles. The fraction of sp³-hybridized carbons (Fsp3) is 0.833. The van der Waals surface area contributed by atoms with Crippen molar-refractivity contribution in [2.45, 2.75) is 33.6 Å². The van der Waals surface area contributed by atoms with E-state index < -0.39 is 0 Å². The van der Waals surface area contributed by atoms with Gasteiger partial charge in [-0.25, -0.2) is 0 Å². The number of ether oxygens (including phenoxy) is 1. The smallest absolute Gasteiger partial charge is 0.0507 e. The average Bonchev–Trinajstić information content (AvgIpc) is 2.09. The number of alkyl halides is 1. The zero-order valence-corrected chi connectivity index (χ0v) is 11.3. The highest BCUT2D eigenvalue weighted by molar-refractivity contribution is 9.09. The second-order valence-corrected chi connectivity index (χ2v) is 5.37. The Morgan fingerprint density at radius 3 is 2.50 bits per heavy atom. The van der Waals surface area contributed by atoms with Crippen LogP contribution in [0.25, 0.3) is 0 Å². The molecule has 0 heterocycles. The van der Waals surface area contributed by atoms with Gasteiger partial charge in [0.15, 0.2) is 0 Å². The monoisotopic (exact) mass is 262 g/mol. The van der Waals surface area contributed by atoms with Gasteiger partial charge in [0.1, 0.15) is 0 Å². The summed E-state index contributed by atoms with van der Waals surface area (Å²) >= 11 is 3.54. The fourth-order valence-electron chi connectivity index (χ4n) is 1.08. The zero-order valence-electron chi connectivity index (χ0n) is 9.68. The molecular formula is C12H23BrO. The number of rotatable bonds is 7. The summed E-state index contributed by atoms with van der Waals surface area (Å²) in [5, 5.41) is 1.01. The first-order valence-electron chi connectivity index (χ1n) is 5.27. The molecule has 0 rings (SSSR count). The minimum atomic E-state index is 0.321. The molecule has 0 aliphatic heterocycles. The fourth-order valence-corrected chi connectivity index (χ4v) is 2.24. The molecule has 0 amide bonds. The summed E-state index contributed by atoms with van der Waals surface area (Å²) in [6.07, 6.45) is 4.08. The van der Waals surface area contributed by atoms with Gasteiger partial charge in [0.25, 0.3) is 0 Å². The molecule has 0 N–H and O–H groups in total. The molecule has 0 aliphatic carbocycles. The molecular weight excluding hydrogens is 240 g/mol. The van der Waals surface area contributed by atoms with Crippen molar-refractivity contribution in [2.75, 3.05) is 18.5 Å². The second kappa shape index (κ2) is 7.47. The van der Waals surface area contributed by atoms with Crippen LogP contribution in [0, 0.1) is 11.3 Å². The Labute approximate surface area is 97.0 Å². The van der Waals surface area contributed by atoms with Gasteiger partial charge in [-0.2, -0.15) is 0 Å². The normalized spacial score (nSPS) is 14.0. The second-order valence-electron chi connectivity index (χ2n) is 4.72. The van der Waals surface area contributed by atoms with Crippen LogP contribution in [0.3, 0.4) is 0 Å². The number of unbranched alkanes of at least 4 members (excludes halogenated alkanes) is 1. The standard InChI is InChI=1S/C12H23BrO/c1-5-6-7-8-14-10-11(9-13)12(2,3)4/h5,11H,1,6-10H2,2-4H3. The summed E-state index contributed by atoms with van der Waals surface area (Å²) in [5.41, 5.74) is 0.321. The molecule has 0 radical (unpaired) electrons. The molecule has 2 heteroatoms. The Morgan fingerprint density at radius 2 is 2.07 bits per heavy atom. The Balaban J connectivity index is 3.58. The number of hydrogen-bond donors (Lipinski definition) is 0. The van der Waals surface area contributed by atoms with E-state index in [0.29, 0.717) is 11.3 Å². The molecule has 1 atom stereocenters. The van der Waals surface area contributed by atoms with E-state index in [1.807, 2.05) is 6.08 Å². The molecule has 0 aliphatic rings. The highest BCUT2D eigenvalue weighted by Crippen LogP contribution is 2.27. The van der Waals surface area contributed by atoms with Crippen LogP contribution in [0.15, 0.2) is 12.7 Å². The van der Waals surface area contributed by atoms with Crippen LogP contribution < -0.4 is 0 Å². The van der Waals surface area contributed by atoms with Crippen molar-refractivity contribution >= 4 is 15.9 Å². The Morgan fingerprint density at radius 1 is 1.43 bits per heavy atom. The molecule has 0 aromatic rings. The zero-order chi connectivity index (χ0) is 11.0. The summed E-state index contributed by atoms with van der Waals surface area (Å²) in [5.74, 6) is 0.589. The van der Waals surface area contributed by atoms with Crippen LogP contribution >= 0.6 is 15.9 Å². The maximum atomic E-state index is 5.64. The molecule has 0 bridgehead atoms. The van der Waals surface area contributed by atoms with Crippen LogP contribution in [-0.4, -0.2) is 18.5 Å². The third-order valence-corrected chi connectivity index (χ3v) is 3.21. The summed E-state index contributed by atoms with van der Waals surface area (Å²) < 4.78 is 5.64. The first-order valence-corrected chi connectivity index (χ1v) is 6.39. The molecule has 0 fully saturated rings. The van der Waals surface area contributed by atoms with Crippen molar-refractivity contribution in [3.05, 3.63) is 12.7 Å². The van der Waals surface area contributed by atoms with Crippen LogP contribution in [0.1, 0.15) is 33.6 Å². The van der Waals surface area contributed by atoms with Gasteiger partial charge in [-0.15, -0.1) is 6.58 Å². The van der Waals surface area contributed by atoms with Gasteiger partial charge in [-0.1, -0.05) is 42.8 Å². The van der Waals surface area contributed by atoms with E-state index in [1.165, 1.54) is 0 Å². The SMILES string of the molecule is C=CCCCOCC(CBr)C(C)(C)C. The summed E-state index contributed by atoms with van der Waals surface area (Å²) in [6, 6.07) is 0. The molecule has 0 aromatic carbocycles. The average molecular weight is 263 g/mol. The maximum Gasteiger partial charge on any atom is 0.0507 e. The number of halogens is 1. The molecule has 0 saturated heterocycles. The third-order valence-electron chi connectivity index (χ3n) is 2.43. The van der Waals surface area contributed by atoms with Crippen LogP contribution in [-0.2, 0) is 4.74 Å². The van der Waals surface area contributed by atoms with Crippen molar-refractivity contribution < 1.29 is 4.74 Å². The van der Waals surface area contributed by atoms with Crippen molar-refractivity contribution in [3.8, 4) is 0 Å². The lowest BCUT2D eigenvalue weighted by atomic mass is 9.83. The van der Waals surface area contributed by atoms with Gasteiger partial charge in [-0.05, 0) is 24.2 Å². The van der Waals surface area contributed by atoms with E-state index in [2.05, 4.69) is 43.3 Å². The summed E-state index contributed by atoms with van der Waals surface area (Å²) in [6.45, 7) is 12.2. The third kappa shape index (κ3) is 6.61. The lowest BCUT2D eigenvalue weighted by molar-refractivity contribution is 0.0657. The summed E-state index contributed by atoms with van der Waals surface area (Å²) in [7, 11) is 0. The van der Waals surface area contributed by atoms with Gasteiger partial charge < -0.3 is 4.74 Å². The number of allylic oxidation sites excluding steroid dienone is 1. The lowest BCUT2D eigenvalue weighted by Gasteiger charge is -2.28. The van der Waals surface area contributed by atoms with Crippen molar-refractivity contribution in [2.24, 2.45) is 11.3 Å². The van der Waals surface area contributed by atoms with Crippen LogP contribution in [0.4, 0.5) is 0 Å². The predicted molar refractivity (Wildman–Crippen MR) is 67.0 cm³/mol. The molecule has 0 aromatic heterocycles. The van der Waals surface area contributed by atoms with E-state index in [9.17, 15) is 0 Å². The minimum absolute atomic E-state index is 0.321. The predicted octanol–water partition coefficient (Wildman–Crippen LogP) is 4.03. The Bertz CT molecular complexity index is 149. The molecule has 84 valence electrons. The Hall–Kier alpha value is 0.180. The largest absolute Gasteiger partial charge is 0.381 e. The van der Waals surface area contributed by atoms with E-state index >= 15 is 0 Å².